The van der Waals surface area contributed by atoms with Crippen molar-refractivity contribution in [3.05, 3.63) is 108 Å². The molecule has 0 unspecified atom stereocenters. The van der Waals surface area contributed by atoms with Gasteiger partial charge in [-0.2, -0.15) is 0 Å². The number of carbonyl (C=O) groups is 2. The van der Waals surface area contributed by atoms with E-state index in [9.17, 15) is 9.59 Å². The van der Waals surface area contributed by atoms with Gasteiger partial charge in [-0.05, 0) is 42.8 Å². The van der Waals surface area contributed by atoms with Gasteiger partial charge in [-0.3, -0.25) is 4.79 Å². The molecule has 32 heavy (non-hydrogen) atoms. The van der Waals surface area contributed by atoms with E-state index in [4.69, 9.17) is 9.47 Å². The van der Waals surface area contributed by atoms with Gasteiger partial charge in [-0.1, -0.05) is 60.7 Å². The van der Waals surface area contributed by atoms with Gasteiger partial charge in [0.25, 0.3) is 0 Å². The van der Waals surface area contributed by atoms with Gasteiger partial charge in [0.2, 0.25) is 5.78 Å². The van der Waals surface area contributed by atoms with Crippen LogP contribution in [0.5, 0.6) is 5.75 Å². The molecule has 160 valence electrons. The van der Waals surface area contributed by atoms with Crippen molar-refractivity contribution in [2.24, 2.45) is 0 Å². The summed E-state index contributed by atoms with van der Waals surface area (Å²) in [6.07, 6.45) is 0. The third kappa shape index (κ3) is 4.05. The first-order valence-corrected chi connectivity index (χ1v) is 10.4. The van der Waals surface area contributed by atoms with Crippen LogP contribution in [0.4, 0.5) is 0 Å². The average molecular weight is 425 g/mol. The van der Waals surface area contributed by atoms with E-state index in [-0.39, 0.29) is 23.6 Å². The van der Waals surface area contributed by atoms with Crippen LogP contribution in [0.3, 0.4) is 0 Å². The van der Waals surface area contributed by atoms with E-state index >= 15 is 0 Å². The summed E-state index contributed by atoms with van der Waals surface area (Å²) in [6, 6.07) is 27.7. The van der Waals surface area contributed by atoms with Crippen LogP contribution < -0.4 is 4.74 Å². The molecule has 4 rings (SSSR count). The van der Waals surface area contributed by atoms with Crippen molar-refractivity contribution in [1.29, 1.82) is 0 Å². The van der Waals surface area contributed by atoms with Crippen LogP contribution in [-0.4, -0.2) is 30.0 Å². The van der Waals surface area contributed by atoms with Crippen LogP contribution in [0.15, 0.2) is 91.0 Å². The SMILES string of the molecule is CCOC(=O)c1cc(-c2ccccc2)n(-c2ccc(OC)cc2)c1C(=O)c1ccccc1. The lowest BCUT2D eigenvalue weighted by Gasteiger charge is -2.15. The molecule has 0 atom stereocenters. The minimum atomic E-state index is -0.531. The molecule has 0 radical (unpaired) electrons. The van der Waals surface area contributed by atoms with Crippen molar-refractivity contribution < 1.29 is 19.1 Å². The minimum Gasteiger partial charge on any atom is -0.497 e. The Kier molecular flexibility index (Phi) is 6.17. The zero-order chi connectivity index (χ0) is 22.5. The topological polar surface area (TPSA) is 57.5 Å². The standard InChI is InChI=1S/C27H23NO4/c1-3-32-27(30)23-18-24(19-10-6-4-7-11-19)28(21-14-16-22(31-2)17-15-21)25(23)26(29)20-12-8-5-9-13-20/h4-18H,3H2,1-2H3. The van der Waals surface area contributed by atoms with E-state index in [0.29, 0.717) is 11.3 Å². The van der Waals surface area contributed by atoms with Crippen LogP contribution in [0.1, 0.15) is 33.3 Å². The first-order chi connectivity index (χ1) is 15.6. The van der Waals surface area contributed by atoms with E-state index < -0.39 is 5.97 Å². The van der Waals surface area contributed by atoms with Gasteiger partial charge in [-0.25, -0.2) is 4.79 Å². The van der Waals surface area contributed by atoms with Gasteiger partial charge in [0.15, 0.2) is 0 Å². The van der Waals surface area contributed by atoms with Crippen LogP contribution in [0.2, 0.25) is 0 Å². The maximum atomic E-state index is 13.7. The molecule has 0 aliphatic carbocycles. The highest BCUT2D eigenvalue weighted by molar-refractivity contribution is 6.15. The number of ketones is 1. The summed E-state index contributed by atoms with van der Waals surface area (Å²) in [5, 5.41) is 0. The Balaban J connectivity index is 2.02. The quantitative estimate of drug-likeness (QED) is 0.287. The summed E-state index contributed by atoms with van der Waals surface area (Å²) < 4.78 is 12.4. The summed E-state index contributed by atoms with van der Waals surface area (Å²) in [5.41, 5.74) is 3.32. The van der Waals surface area contributed by atoms with E-state index in [1.165, 1.54) is 0 Å². The Hall–Kier alpha value is -4.12. The zero-order valence-corrected chi connectivity index (χ0v) is 17.9. The average Bonchev–Trinajstić information content (AvgIpc) is 3.25. The lowest BCUT2D eigenvalue weighted by molar-refractivity contribution is 0.0523. The second-order valence-corrected chi connectivity index (χ2v) is 7.11. The van der Waals surface area contributed by atoms with E-state index in [2.05, 4.69) is 0 Å². The largest absolute Gasteiger partial charge is 0.497 e. The Labute approximate surface area is 186 Å². The first-order valence-electron chi connectivity index (χ1n) is 10.4. The van der Waals surface area contributed by atoms with Crippen LogP contribution in [-0.2, 0) is 4.74 Å². The van der Waals surface area contributed by atoms with Crippen molar-refractivity contribution in [3.63, 3.8) is 0 Å². The number of ether oxygens (including phenoxy) is 2. The smallest absolute Gasteiger partial charge is 0.340 e. The van der Waals surface area contributed by atoms with Crippen molar-refractivity contribution in [2.45, 2.75) is 6.92 Å². The normalized spacial score (nSPS) is 10.6. The molecule has 0 spiro atoms. The lowest BCUT2D eigenvalue weighted by atomic mass is 10.0. The number of carbonyl (C=O) groups excluding carboxylic acids is 2. The van der Waals surface area contributed by atoms with E-state index in [1.54, 1.807) is 44.4 Å². The predicted molar refractivity (Wildman–Crippen MR) is 124 cm³/mol. The maximum Gasteiger partial charge on any atom is 0.340 e. The highest BCUT2D eigenvalue weighted by Crippen LogP contribution is 2.32. The molecular weight excluding hydrogens is 402 g/mol. The van der Waals surface area contributed by atoms with Crippen LogP contribution >= 0.6 is 0 Å². The number of benzene rings is 3. The molecule has 1 aromatic heterocycles. The number of nitrogens with zero attached hydrogens (tertiary/aromatic N) is 1. The summed E-state index contributed by atoms with van der Waals surface area (Å²) in [7, 11) is 1.60. The fourth-order valence-corrected chi connectivity index (χ4v) is 3.65. The van der Waals surface area contributed by atoms with Crippen molar-refractivity contribution in [1.82, 2.24) is 4.57 Å². The molecule has 0 N–H and O–H groups in total. The Bertz CT molecular complexity index is 1230. The van der Waals surface area contributed by atoms with E-state index in [1.807, 2.05) is 65.2 Å². The van der Waals surface area contributed by atoms with Gasteiger partial charge in [0, 0.05) is 11.3 Å². The molecule has 0 saturated heterocycles. The van der Waals surface area contributed by atoms with E-state index in [0.717, 1.165) is 16.9 Å². The maximum absolute atomic E-state index is 13.7. The molecular formula is C27H23NO4. The summed E-state index contributed by atoms with van der Waals surface area (Å²) in [4.78, 5) is 26.6. The molecule has 5 heteroatoms. The van der Waals surface area contributed by atoms with Gasteiger partial charge in [0.1, 0.15) is 11.4 Å². The molecule has 1 heterocycles. The highest BCUT2D eigenvalue weighted by Gasteiger charge is 2.28. The van der Waals surface area contributed by atoms with Crippen molar-refractivity contribution >= 4 is 11.8 Å². The second-order valence-electron chi connectivity index (χ2n) is 7.11. The number of rotatable bonds is 7. The van der Waals surface area contributed by atoms with Gasteiger partial charge in [-0.15, -0.1) is 0 Å². The zero-order valence-electron chi connectivity index (χ0n) is 17.9. The molecule has 0 aliphatic rings. The van der Waals surface area contributed by atoms with Crippen LogP contribution in [0.25, 0.3) is 16.9 Å². The molecule has 0 bridgehead atoms. The summed E-state index contributed by atoms with van der Waals surface area (Å²) in [6.45, 7) is 1.96. The number of aromatic nitrogens is 1. The van der Waals surface area contributed by atoms with Gasteiger partial charge in [0.05, 0.1) is 25.0 Å². The fraction of sp³-hybridized carbons (Fsp3) is 0.111. The van der Waals surface area contributed by atoms with Crippen LogP contribution in [0, 0.1) is 0 Å². The number of esters is 1. The Morgan fingerprint density at radius 1 is 0.844 bits per heavy atom. The third-order valence-electron chi connectivity index (χ3n) is 5.15. The summed E-state index contributed by atoms with van der Waals surface area (Å²) in [5.74, 6) is -0.0911. The number of methoxy groups -OCH3 is 1. The molecule has 4 aromatic rings. The lowest BCUT2D eigenvalue weighted by Crippen LogP contribution is -2.15. The third-order valence-corrected chi connectivity index (χ3v) is 5.15. The van der Waals surface area contributed by atoms with Crippen molar-refractivity contribution in [2.75, 3.05) is 13.7 Å². The molecule has 0 fully saturated rings. The Morgan fingerprint density at radius 3 is 2.06 bits per heavy atom. The molecule has 0 saturated carbocycles. The molecule has 5 nitrogen and oxygen atoms in total. The monoisotopic (exact) mass is 425 g/mol. The highest BCUT2D eigenvalue weighted by atomic mass is 16.5. The number of hydrogen-bond acceptors (Lipinski definition) is 4. The molecule has 0 aliphatic heterocycles. The predicted octanol–water partition coefficient (Wildman–Crippen LogP) is 5.56. The molecule has 0 amide bonds. The van der Waals surface area contributed by atoms with Gasteiger partial charge < -0.3 is 14.0 Å². The van der Waals surface area contributed by atoms with Gasteiger partial charge >= 0.3 is 5.97 Å². The first kappa shape index (κ1) is 21.1. The fourth-order valence-electron chi connectivity index (χ4n) is 3.65. The second kappa shape index (κ2) is 9.35. The molecule has 3 aromatic carbocycles. The minimum absolute atomic E-state index is 0.214. The summed E-state index contributed by atoms with van der Waals surface area (Å²) >= 11 is 0. The van der Waals surface area contributed by atoms with Crippen molar-refractivity contribution in [3.8, 4) is 22.7 Å². The number of hydrogen-bond donors (Lipinski definition) is 0. The Morgan fingerprint density at radius 2 is 1.47 bits per heavy atom.